The molecule has 1 N–H and O–H groups in total. The molecule has 0 unspecified atom stereocenters. The van der Waals surface area contributed by atoms with E-state index in [2.05, 4.69) is 10.5 Å². The first-order valence-electron chi connectivity index (χ1n) is 8.23. The third-order valence-electron chi connectivity index (χ3n) is 4.16. The maximum atomic E-state index is 12.5. The van der Waals surface area contributed by atoms with Crippen LogP contribution in [0.15, 0.2) is 46.4 Å². The number of benzene rings is 2. The number of hydrazone groups is 1. The number of hydrogen-bond donors (Lipinski definition) is 1. The van der Waals surface area contributed by atoms with Crippen LogP contribution in [0.1, 0.15) is 22.3 Å². The van der Waals surface area contributed by atoms with Gasteiger partial charge in [0.25, 0.3) is 5.91 Å². The first-order chi connectivity index (χ1) is 12.6. The first-order valence-corrected chi connectivity index (χ1v) is 10.0. The van der Waals surface area contributed by atoms with E-state index >= 15 is 0 Å². The van der Waals surface area contributed by atoms with Gasteiger partial charge >= 0.3 is 0 Å². The lowest BCUT2D eigenvalue weighted by Gasteiger charge is -2.16. The van der Waals surface area contributed by atoms with Crippen molar-refractivity contribution >= 4 is 33.7 Å². The number of halogens is 1. The summed E-state index contributed by atoms with van der Waals surface area (Å²) in [5.41, 5.74) is 6.60. The van der Waals surface area contributed by atoms with Gasteiger partial charge in [-0.05, 0) is 73.4 Å². The molecule has 27 heavy (non-hydrogen) atoms. The fraction of sp³-hybridized carbons (Fsp3) is 0.263. The zero-order chi connectivity index (χ0) is 20.2. The van der Waals surface area contributed by atoms with Gasteiger partial charge in [-0.15, -0.1) is 0 Å². The van der Waals surface area contributed by atoms with Crippen molar-refractivity contribution in [3.8, 4) is 0 Å². The molecule has 144 valence electrons. The Labute approximate surface area is 164 Å². The Morgan fingerprint density at radius 3 is 2.33 bits per heavy atom. The molecule has 0 fully saturated rings. The summed E-state index contributed by atoms with van der Waals surface area (Å²) < 4.78 is 25.9. The molecule has 0 radical (unpaired) electrons. The van der Waals surface area contributed by atoms with Gasteiger partial charge in [-0.2, -0.15) is 9.41 Å². The minimum absolute atomic E-state index is 0.0662. The Bertz CT molecular complexity index is 970. The number of aryl methyl sites for hydroxylation is 3. The van der Waals surface area contributed by atoms with Gasteiger partial charge in [0.1, 0.15) is 0 Å². The highest BCUT2D eigenvalue weighted by Crippen LogP contribution is 2.17. The van der Waals surface area contributed by atoms with Gasteiger partial charge in [0.2, 0.25) is 10.0 Å². The van der Waals surface area contributed by atoms with Gasteiger partial charge in [-0.25, -0.2) is 13.8 Å². The molecule has 2 aromatic carbocycles. The third-order valence-corrected chi connectivity index (χ3v) is 6.23. The van der Waals surface area contributed by atoms with Gasteiger partial charge in [0.15, 0.2) is 0 Å². The molecule has 0 heterocycles. The number of nitrogens with one attached hydrogen (secondary N) is 1. The van der Waals surface area contributed by atoms with Crippen molar-refractivity contribution < 1.29 is 13.2 Å². The summed E-state index contributed by atoms with van der Waals surface area (Å²) in [6.45, 7) is 5.64. The molecule has 0 atom stereocenters. The monoisotopic (exact) mass is 407 g/mol. The van der Waals surface area contributed by atoms with Crippen molar-refractivity contribution in [2.24, 2.45) is 5.10 Å². The average Bonchev–Trinajstić information content (AvgIpc) is 2.59. The fourth-order valence-electron chi connectivity index (χ4n) is 2.40. The van der Waals surface area contributed by atoms with Crippen molar-refractivity contribution in [1.82, 2.24) is 9.73 Å². The number of amides is 1. The molecule has 0 aliphatic rings. The van der Waals surface area contributed by atoms with E-state index in [1.807, 2.05) is 32.9 Å². The van der Waals surface area contributed by atoms with Crippen molar-refractivity contribution in [2.45, 2.75) is 25.7 Å². The average molecular weight is 408 g/mol. The Balaban J connectivity index is 2.01. The minimum atomic E-state index is -3.78. The van der Waals surface area contributed by atoms with Crippen LogP contribution in [0.4, 0.5) is 0 Å². The van der Waals surface area contributed by atoms with Gasteiger partial charge < -0.3 is 0 Å². The van der Waals surface area contributed by atoms with Crippen LogP contribution in [-0.4, -0.2) is 38.4 Å². The molecule has 2 aromatic rings. The van der Waals surface area contributed by atoms with E-state index in [4.69, 9.17) is 11.6 Å². The highest BCUT2D eigenvalue weighted by molar-refractivity contribution is 7.89. The lowest BCUT2D eigenvalue weighted by molar-refractivity contribution is -0.121. The van der Waals surface area contributed by atoms with E-state index in [1.165, 1.54) is 36.9 Å². The maximum Gasteiger partial charge on any atom is 0.255 e. The Hall–Kier alpha value is -2.22. The number of carbonyl (C=O) groups excluding carboxylic acids is 1. The largest absolute Gasteiger partial charge is 0.272 e. The molecule has 1 amide bonds. The van der Waals surface area contributed by atoms with Crippen molar-refractivity contribution in [1.29, 1.82) is 0 Å². The number of carbonyl (C=O) groups is 1. The lowest BCUT2D eigenvalue weighted by atomic mass is 10.0. The summed E-state index contributed by atoms with van der Waals surface area (Å²) in [5.74, 6) is -0.534. The smallest absolute Gasteiger partial charge is 0.255 e. The molecule has 0 spiro atoms. The summed E-state index contributed by atoms with van der Waals surface area (Å²) in [4.78, 5) is 12.1. The van der Waals surface area contributed by atoms with Crippen LogP contribution in [0.5, 0.6) is 0 Å². The normalized spacial score (nSPS) is 11.9. The van der Waals surface area contributed by atoms with E-state index in [0.29, 0.717) is 5.02 Å². The summed E-state index contributed by atoms with van der Waals surface area (Å²) in [5, 5.41) is 4.36. The van der Waals surface area contributed by atoms with E-state index in [0.717, 1.165) is 21.0 Å². The Morgan fingerprint density at radius 1 is 1.11 bits per heavy atom. The second-order valence-corrected chi connectivity index (χ2v) is 8.78. The topological polar surface area (TPSA) is 78.8 Å². The molecule has 0 aliphatic heterocycles. The lowest BCUT2D eigenvalue weighted by Crippen LogP contribution is -2.36. The van der Waals surface area contributed by atoms with Crippen LogP contribution < -0.4 is 5.43 Å². The van der Waals surface area contributed by atoms with Crippen LogP contribution >= 0.6 is 11.6 Å². The van der Waals surface area contributed by atoms with E-state index in [1.54, 1.807) is 6.21 Å². The van der Waals surface area contributed by atoms with Gasteiger partial charge in [-0.1, -0.05) is 17.7 Å². The summed E-state index contributed by atoms with van der Waals surface area (Å²) in [6, 6.07) is 9.79. The summed E-state index contributed by atoms with van der Waals surface area (Å²) >= 11 is 5.77. The molecule has 2 rings (SSSR count). The fourth-order valence-corrected chi connectivity index (χ4v) is 3.66. The number of likely N-dealkylation sites (N-methyl/N-ethyl adjacent to an activating group) is 1. The van der Waals surface area contributed by atoms with Crippen molar-refractivity contribution in [3.05, 3.63) is 63.7 Å². The molecule has 0 bridgehead atoms. The Morgan fingerprint density at radius 2 is 1.70 bits per heavy atom. The number of rotatable bonds is 6. The van der Waals surface area contributed by atoms with Crippen LogP contribution in [0.2, 0.25) is 5.02 Å². The van der Waals surface area contributed by atoms with Gasteiger partial charge in [0, 0.05) is 12.1 Å². The second kappa shape index (κ2) is 8.65. The molecule has 0 saturated carbocycles. The quantitative estimate of drug-likeness (QED) is 0.590. The van der Waals surface area contributed by atoms with Crippen molar-refractivity contribution in [3.63, 3.8) is 0 Å². The van der Waals surface area contributed by atoms with Crippen LogP contribution in [-0.2, 0) is 14.8 Å². The Kier molecular flexibility index (Phi) is 6.75. The highest BCUT2D eigenvalue weighted by atomic mass is 35.5. The maximum absolute atomic E-state index is 12.5. The standard InChI is InChI=1S/C19H22ClN3O3S/c1-13-9-15(3)16(10-14(13)2)11-21-22-19(24)12-23(4)27(25,26)18-7-5-17(20)6-8-18/h5-11H,12H2,1-4H3,(H,22,24)/b21-11-. The highest BCUT2D eigenvalue weighted by Gasteiger charge is 2.22. The van der Waals surface area contributed by atoms with Gasteiger partial charge in [-0.3, -0.25) is 4.79 Å². The zero-order valence-electron chi connectivity index (χ0n) is 15.7. The number of hydrogen-bond acceptors (Lipinski definition) is 4. The number of nitrogens with zero attached hydrogens (tertiary/aromatic N) is 2. The van der Waals surface area contributed by atoms with Crippen LogP contribution in [0.25, 0.3) is 0 Å². The minimum Gasteiger partial charge on any atom is -0.272 e. The van der Waals surface area contributed by atoms with E-state index < -0.39 is 15.9 Å². The summed E-state index contributed by atoms with van der Waals surface area (Å²) in [6.07, 6.45) is 1.55. The molecular weight excluding hydrogens is 386 g/mol. The third kappa shape index (κ3) is 5.38. The van der Waals surface area contributed by atoms with Crippen molar-refractivity contribution in [2.75, 3.05) is 13.6 Å². The van der Waals surface area contributed by atoms with E-state index in [9.17, 15) is 13.2 Å². The number of sulfonamides is 1. The summed E-state index contributed by atoms with van der Waals surface area (Å²) in [7, 11) is -2.45. The predicted molar refractivity (Wildman–Crippen MR) is 108 cm³/mol. The molecule has 6 nitrogen and oxygen atoms in total. The molecular formula is C19H22ClN3O3S. The molecule has 0 aromatic heterocycles. The van der Waals surface area contributed by atoms with Gasteiger partial charge in [0.05, 0.1) is 17.7 Å². The SMILES string of the molecule is Cc1cc(C)c(/C=N\NC(=O)CN(C)S(=O)(=O)c2ccc(Cl)cc2)cc1C. The first kappa shape index (κ1) is 21.1. The van der Waals surface area contributed by atoms with Crippen LogP contribution in [0.3, 0.4) is 0 Å². The van der Waals surface area contributed by atoms with E-state index in [-0.39, 0.29) is 11.4 Å². The second-order valence-electron chi connectivity index (χ2n) is 6.30. The molecule has 8 heteroatoms. The molecule has 0 aliphatic carbocycles. The van der Waals surface area contributed by atoms with Crippen LogP contribution in [0, 0.1) is 20.8 Å². The molecule has 0 saturated heterocycles. The zero-order valence-corrected chi connectivity index (χ0v) is 17.2. The predicted octanol–water partition coefficient (Wildman–Crippen LogP) is 3.04.